The molecule has 2 atom stereocenters. The summed E-state index contributed by atoms with van der Waals surface area (Å²) in [5.74, 6) is -0.981. The van der Waals surface area contributed by atoms with Crippen molar-refractivity contribution in [3.63, 3.8) is 0 Å². The highest BCUT2D eigenvalue weighted by atomic mass is 19.1. The summed E-state index contributed by atoms with van der Waals surface area (Å²) in [7, 11) is 0. The minimum Gasteiger partial charge on any atom is -0.356 e. The van der Waals surface area contributed by atoms with Gasteiger partial charge in [0, 0.05) is 12.2 Å². The summed E-state index contributed by atoms with van der Waals surface area (Å²) in [5.41, 5.74) is 3.92. The number of anilines is 1. The molecule has 1 fully saturated rings. The molecule has 2 aromatic carbocycles. The van der Waals surface area contributed by atoms with Gasteiger partial charge in [-0.3, -0.25) is 9.59 Å². The summed E-state index contributed by atoms with van der Waals surface area (Å²) in [4.78, 5) is 24.5. The third kappa shape index (κ3) is 4.69. The SMILES string of the molecule is Cc1cc(C)cc(NC(=O)C2CC2C(=O)NCCc2ccc(F)cc2)c1. The van der Waals surface area contributed by atoms with E-state index in [4.69, 9.17) is 0 Å². The first-order valence-corrected chi connectivity index (χ1v) is 8.83. The summed E-state index contributed by atoms with van der Waals surface area (Å²) in [6.45, 7) is 4.45. The van der Waals surface area contributed by atoms with Crippen molar-refractivity contribution in [3.05, 3.63) is 65.0 Å². The molecule has 5 heteroatoms. The first-order valence-electron chi connectivity index (χ1n) is 8.83. The van der Waals surface area contributed by atoms with E-state index in [1.165, 1.54) is 12.1 Å². The molecule has 0 radical (unpaired) electrons. The van der Waals surface area contributed by atoms with E-state index in [0.29, 0.717) is 19.4 Å². The summed E-state index contributed by atoms with van der Waals surface area (Å²) < 4.78 is 12.9. The highest BCUT2D eigenvalue weighted by Gasteiger charge is 2.47. The number of carbonyl (C=O) groups excluding carboxylic acids is 2. The van der Waals surface area contributed by atoms with E-state index in [9.17, 15) is 14.0 Å². The lowest BCUT2D eigenvalue weighted by atomic mass is 10.1. The predicted molar refractivity (Wildman–Crippen MR) is 99.3 cm³/mol. The molecule has 26 heavy (non-hydrogen) atoms. The number of benzene rings is 2. The molecular weight excluding hydrogens is 331 g/mol. The number of hydrogen-bond acceptors (Lipinski definition) is 2. The minimum absolute atomic E-state index is 0.0901. The lowest BCUT2D eigenvalue weighted by Crippen LogP contribution is -2.29. The standard InChI is InChI=1S/C21H23FN2O2/c1-13-9-14(2)11-17(10-13)24-21(26)19-12-18(19)20(25)23-8-7-15-3-5-16(22)6-4-15/h3-6,9-11,18-19H,7-8,12H2,1-2H3,(H,23,25)(H,24,26). The second kappa shape index (κ2) is 7.68. The van der Waals surface area contributed by atoms with Crippen LogP contribution in [-0.4, -0.2) is 18.4 Å². The highest BCUT2D eigenvalue weighted by molar-refractivity contribution is 5.99. The molecule has 2 aromatic rings. The van der Waals surface area contributed by atoms with Crippen LogP contribution in [0.2, 0.25) is 0 Å². The van der Waals surface area contributed by atoms with Gasteiger partial charge in [-0.25, -0.2) is 4.39 Å². The fraction of sp³-hybridized carbons (Fsp3) is 0.333. The van der Waals surface area contributed by atoms with Crippen molar-refractivity contribution < 1.29 is 14.0 Å². The predicted octanol–water partition coefficient (Wildman–Crippen LogP) is 3.38. The topological polar surface area (TPSA) is 58.2 Å². The van der Waals surface area contributed by atoms with Crippen LogP contribution in [0.1, 0.15) is 23.1 Å². The van der Waals surface area contributed by atoms with Crippen LogP contribution in [0.4, 0.5) is 10.1 Å². The van der Waals surface area contributed by atoms with Crippen molar-refractivity contribution in [2.75, 3.05) is 11.9 Å². The monoisotopic (exact) mass is 354 g/mol. The van der Waals surface area contributed by atoms with E-state index in [2.05, 4.69) is 10.6 Å². The Labute approximate surface area is 152 Å². The van der Waals surface area contributed by atoms with Gasteiger partial charge in [-0.05, 0) is 67.6 Å². The molecule has 136 valence electrons. The minimum atomic E-state index is -0.270. The number of rotatable bonds is 6. The van der Waals surface area contributed by atoms with Gasteiger partial charge < -0.3 is 10.6 Å². The van der Waals surface area contributed by atoms with Gasteiger partial charge in [-0.2, -0.15) is 0 Å². The van der Waals surface area contributed by atoms with Gasteiger partial charge in [0.2, 0.25) is 11.8 Å². The van der Waals surface area contributed by atoms with Crippen LogP contribution in [0.15, 0.2) is 42.5 Å². The van der Waals surface area contributed by atoms with Gasteiger partial charge in [0.25, 0.3) is 0 Å². The second-order valence-electron chi connectivity index (χ2n) is 6.98. The van der Waals surface area contributed by atoms with Crippen molar-refractivity contribution in [1.82, 2.24) is 5.32 Å². The smallest absolute Gasteiger partial charge is 0.228 e. The van der Waals surface area contributed by atoms with Crippen molar-refractivity contribution in [3.8, 4) is 0 Å². The molecule has 0 spiro atoms. The Balaban J connectivity index is 1.44. The van der Waals surface area contributed by atoms with Crippen molar-refractivity contribution in [2.45, 2.75) is 26.7 Å². The van der Waals surface area contributed by atoms with Crippen molar-refractivity contribution in [2.24, 2.45) is 11.8 Å². The molecule has 1 aliphatic carbocycles. The maximum atomic E-state index is 12.9. The first kappa shape index (κ1) is 18.1. The number of halogens is 1. The third-order valence-electron chi connectivity index (χ3n) is 4.58. The van der Waals surface area contributed by atoms with Crippen LogP contribution in [0.25, 0.3) is 0 Å². The first-order chi connectivity index (χ1) is 12.4. The van der Waals surface area contributed by atoms with Gasteiger partial charge in [-0.15, -0.1) is 0 Å². The van der Waals surface area contributed by atoms with Gasteiger partial charge in [0.1, 0.15) is 5.82 Å². The summed E-state index contributed by atoms with van der Waals surface area (Å²) in [6.07, 6.45) is 1.22. The Kier molecular flexibility index (Phi) is 5.35. The van der Waals surface area contributed by atoms with E-state index >= 15 is 0 Å². The molecule has 0 heterocycles. The largest absolute Gasteiger partial charge is 0.356 e. The zero-order valence-corrected chi connectivity index (χ0v) is 15.0. The fourth-order valence-electron chi connectivity index (χ4n) is 3.17. The van der Waals surface area contributed by atoms with Gasteiger partial charge >= 0.3 is 0 Å². The summed E-state index contributed by atoms with van der Waals surface area (Å²) in [5, 5.41) is 5.77. The molecule has 4 nitrogen and oxygen atoms in total. The van der Waals surface area contributed by atoms with Crippen LogP contribution in [0, 0.1) is 31.5 Å². The Morgan fingerprint density at radius 3 is 2.27 bits per heavy atom. The molecule has 2 amide bonds. The fourth-order valence-corrected chi connectivity index (χ4v) is 3.17. The summed E-state index contributed by atoms with van der Waals surface area (Å²) in [6, 6.07) is 12.1. The molecule has 1 aliphatic rings. The molecule has 0 aliphatic heterocycles. The third-order valence-corrected chi connectivity index (χ3v) is 4.58. The van der Waals surface area contributed by atoms with Gasteiger partial charge in [0.05, 0.1) is 11.8 Å². The number of carbonyl (C=O) groups is 2. The average molecular weight is 354 g/mol. The number of aryl methyl sites for hydroxylation is 2. The Bertz CT molecular complexity index is 797. The lowest BCUT2D eigenvalue weighted by Gasteiger charge is -2.08. The maximum absolute atomic E-state index is 12.9. The Morgan fingerprint density at radius 1 is 1.00 bits per heavy atom. The zero-order chi connectivity index (χ0) is 18.7. The molecule has 2 N–H and O–H groups in total. The second-order valence-corrected chi connectivity index (χ2v) is 6.98. The van der Waals surface area contributed by atoms with Crippen LogP contribution in [0.5, 0.6) is 0 Å². The zero-order valence-electron chi connectivity index (χ0n) is 15.0. The van der Waals surface area contributed by atoms with Crippen LogP contribution >= 0.6 is 0 Å². The van der Waals surface area contributed by atoms with Gasteiger partial charge in [0.15, 0.2) is 0 Å². The number of amides is 2. The average Bonchev–Trinajstić information content (AvgIpc) is 3.36. The van der Waals surface area contributed by atoms with Crippen LogP contribution in [-0.2, 0) is 16.0 Å². The van der Waals surface area contributed by atoms with Crippen molar-refractivity contribution in [1.29, 1.82) is 0 Å². The molecule has 0 aromatic heterocycles. The molecule has 0 bridgehead atoms. The summed E-state index contributed by atoms with van der Waals surface area (Å²) >= 11 is 0. The van der Waals surface area contributed by atoms with E-state index in [-0.39, 0.29) is 29.5 Å². The van der Waals surface area contributed by atoms with E-state index < -0.39 is 0 Å². The number of nitrogens with one attached hydrogen (secondary N) is 2. The van der Waals surface area contributed by atoms with Crippen LogP contribution in [0.3, 0.4) is 0 Å². The Morgan fingerprint density at radius 2 is 1.62 bits per heavy atom. The van der Waals surface area contributed by atoms with Gasteiger partial charge in [-0.1, -0.05) is 18.2 Å². The van der Waals surface area contributed by atoms with Crippen LogP contribution < -0.4 is 10.6 Å². The molecule has 2 unspecified atom stereocenters. The van der Waals surface area contributed by atoms with E-state index in [0.717, 1.165) is 22.4 Å². The van der Waals surface area contributed by atoms with E-state index in [1.54, 1.807) is 12.1 Å². The van der Waals surface area contributed by atoms with E-state index in [1.807, 2.05) is 32.0 Å². The molecule has 3 rings (SSSR count). The molecular formula is C21H23FN2O2. The normalized spacial score (nSPS) is 18.3. The Hall–Kier alpha value is -2.69. The molecule has 1 saturated carbocycles. The van der Waals surface area contributed by atoms with Crippen molar-refractivity contribution >= 4 is 17.5 Å². The molecule has 0 saturated heterocycles. The maximum Gasteiger partial charge on any atom is 0.228 e. The lowest BCUT2D eigenvalue weighted by molar-refractivity contribution is -0.125. The quantitative estimate of drug-likeness (QED) is 0.836. The highest BCUT2D eigenvalue weighted by Crippen LogP contribution is 2.39. The number of hydrogen-bond donors (Lipinski definition) is 2.